The van der Waals surface area contributed by atoms with Crippen LogP contribution in [0.15, 0.2) is 18.3 Å². The van der Waals surface area contributed by atoms with Crippen LogP contribution in [0.25, 0.3) is 0 Å². The molecule has 104 valence electrons. The number of piperidine rings is 1. The van der Waals surface area contributed by atoms with E-state index in [4.69, 9.17) is 11.6 Å². The van der Waals surface area contributed by atoms with Crippen molar-refractivity contribution in [1.29, 1.82) is 0 Å². The third-order valence-corrected chi connectivity index (χ3v) is 3.84. The molecule has 2 rings (SSSR count). The van der Waals surface area contributed by atoms with E-state index in [9.17, 15) is 4.79 Å². The molecule has 1 aliphatic heterocycles. The van der Waals surface area contributed by atoms with Crippen molar-refractivity contribution in [2.45, 2.75) is 26.2 Å². The number of alkyl halides is 1. The molecule has 2 heterocycles. The van der Waals surface area contributed by atoms with Gasteiger partial charge in [0.25, 0.3) is 0 Å². The van der Waals surface area contributed by atoms with Gasteiger partial charge in [-0.1, -0.05) is 6.92 Å². The number of carbonyl (C=O) groups excluding carboxylic acids is 1. The molecular formula is C14H20ClN3O. The van der Waals surface area contributed by atoms with Crippen LogP contribution in [0.1, 0.15) is 26.2 Å². The normalized spacial score (nSPS) is 17.1. The van der Waals surface area contributed by atoms with Gasteiger partial charge in [-0.05, 0) is 31.4 Å². The van der Waals surface area contributed by atoms with Crippen molar-refractivity contribution in [3.63, 3.8) is 0 Å². The summed E-state index contributed by atoms with van der Waals surface area (Å²) in [6.45, 7) is 3.95. The zero-order valence-corrected chi connectivity index (χ0v) is 12.0. The molecule has 5 heteroatoms. The van der Waals surface area contributed by atoms with Gasteiger partial charge in [-0.2, -0.15) is 0 Å². The number of rotatable bonds is 4. The van der Waals surface area contributed by atoms with E-state index in [1.165, 1.54) is 19.3 Å². The second-order valence-corrected chi connectivity index (χ2v) is 5.31. The lowest BCUT2D eigenvalue weighted by Crippen LogP contribution is -2.30. The Morgan fingerprint density at radius 2 is 2.16 bits per heavy atom. The molecule has 0 aromatic carbocycles. The summed E-state index contributed by atoms with van der Waals surface area (Å²) in [5.74, 6) is 1.06. The summed E-state index contributed by atoms with van der Waals surface area (Å²) in [7, 11) is 0. The first-order valence-electron chi connectivity index (χ1n) is 6.78. The third kappa shape index (κ3) is 3.83. The van der Waals surface area contributed by atoms with Crippen LogP contribution in [-0.2, 0) is 4.79 Å². The number of nitrogens with one attached hydrogen (secondary N) is 1. The molecule has 4 nitrogen and oxygen atoms in total. The number of halogens is 1. The van der Waals surface area contributed by atoms with E-state index in [1.807, 2.05) is 12.1 Å². The van der Waals surface area contributed by atoms with Gasteiger partial charge in [-0.3, -0.25) is 4.79 Å². The van der Waals surface area contributed by atoms with E-state index < -0.39 is 0 Å². The number of nitrogens with zero attached hydrogens (tertiary/aromatic N) is 2. The largest absolute Gasteiger partial charge is 0.357 e. The predicted molar refractivity (Wildman–Crippen MR) is 78.8 cm³/mol. The maximum Gasteiger partial charge on any atom is 0.228 e. The Morgan fingerprint density at radius 3 is 2.74 bits per heavy atom. The number of amides is 1. The Kier molecular flexibility index (Phi) is 5.02. The fourth-order valence-corrected chi connectivity index (χ4v) is 2.25. The second kappa shape index (κ2) is 6.75. The van der Waals surface area contributed by atoms with E-state index in [1.54, 1.807) is 13.1 Å². The molecule has 0 saturated carbocycles. The van der Waals surface area contributed by atoms with Crippen molar-refractivity contribution in [3.8, 4) is 0 Å². The van der Waals surface area contributed by atoms with Crippen LogP contribution in [0.4, 0.5) is 11.5 Å². The van der Waals surface area contributed by atoms with Crippen molar-refractivity contribution < 1.29 is 4.79 Å². The van der Waals surface area contributed by atoms with Gasteiger partial charge in [0.05, 0.1) is 11.9 Å². The summed E-state index contributed by atoms with van der Waals surface area (Å²) >= 11 is 5.66. The molecule has 0 aliphatic carbocycles. The maximum atomic E-state index is 11.7. The number of hydrogen-bond donors (Lipinski definition) is 1. The highest BCUT2D eigenvalue weighted by Gasteiger charge is 2.13. The summed E-state index contributed by atoms with van der Waals surface area (Å²) in [4.78, 5) is 18.4. The topological polar surface area (TPSA) is 45.2 Å². The molecule has 1 saturated heterocycles. The Hall–Kier alpha value is -1.29. The molecule has 19 heavy (non-hydrogen) atoms. The molecule has 1 aromatic rings. The number of pyridine rings is 1. The lowest BCUT2D eigenvalue weighted by atomic mass is 10.1. The molecule has 1 unspecified atom stereocenters. The standard InChI is InChI=1S/C14H20ClN3O/c1-11(9-15)14(19)17-12-5-6-13(16-10-12)18-7-3-2-4-8-18/h5-6,10-11H,2-4,7-9H2,1H3,(H,17,19). The smallest absolute Gasteiger partial charge is 0.228 e. The lowest BCUT2D eigenvalue weighted by Gasteiger charge is -2.27. The van der Waals surface area contributed by atoms with Crippen molar-refractivity contribution in [2.24, 2.45) is 5.92 Å². The highest BCUT2D eigenvalue weighted by Crippen LogP contribution is 2.19. The number of hydrogen-bond acceptors (Lipinski definition) is 3. The van der Waals surface area contributed by atoms with E-state index in [0.29, 0.717) is 5.88 Å². The van der Waals surface area contributed by atoms with E-state index in [2.05, 4.69) is 15.2 Å². The monoisotopic (exact) mass is 281 g/mol. The van der Waals surface area contributed by atoms with Gasteiger partial charge in [-0.15, -0.1) is 11.6 Å². The molecule has 0 spiro atoms. The fourth-order valence-electron chi connectivity index (χ4n) is 2.11. The minimum absolute atomic E-state index is 0.0671. The Labute approximate surface area is 119 Å². The molecular weight excluding hydrogens is 262 g/mol. The Balaban J connectivity index is 1.96. The maximum absolute atomic E-state index is 11.7. The number of aromatic nitrogens is 1. The van der Waals surface area contributed by atoms with Gasteiger partial charge in [0.2, 0.25) is 5.91 Å². The van der Waals surface area contributed by atoms with Gasteiger partial charge in [0, 0.05) is 24.9 Å². The molecule has 0 bridgehead atoms. The average molecular weight is 282 g/mol. The van der Waals surface area contributed by atoms with Gasteiger partial charge < -0.3 is 10.2 Å². The lowest BCUT2D eigenvalue weighted by molar-refractivity contribution is -0.118. The highest BCUT2D eigenvalue weighted by atomic mass is 35.5. The zero-order valence-electron chi connectivity index (χ0n) is 11.2. The molecule has 1 atom stereocenters. The number of carbonyl (C=O) groups is 1. The molecule has 1 N–H and O–H groups in total. The van der Waals surface area contributed by atoms with Crippen molar-refractivity contribution in [2.75, 3.05) is 29.2 Å². The first kappa shape index (κ1) is 14.1. The van der Waals surface area contributed by atoms with E-state index in [0.717, 1.165) is 24.6 Å². The summed E-state index contributed by atoms with van der Waals surface area (Å²) in [6.07, 6.45) is 5.48. The molecule has 1 fully saturated rings. The number of anilines is 2. The fraction of sp³-hybridized carbons (Fsp3) is 0.571. The predicted octanol–water partition coefficient (Wildman–Crippen LogP) is 2.89. The SMILES string of the molecule is CC(CCl)C(=O)Nc1ccc(N2CCCCC2)nc1. The van der Waals surface area contributed by atoms with Crippen molar-refractivity contribution in [1.82, 2.24) is 4.98 Å². The van der Waals surface area contributed by atoms with Gasteiger partial charge in [0.1, 0.15) is 5.82 Å². The van der Waals surface area contributed by atoms with Crippen LogP contribution >= 0.6 is 11.6 Å². The van der Waals surface area contributed by atoms with Crippen LogP contribution in [0.5, 0.6) is 0 Å². The van der Waals surface area contributed by atoms with Crippen LogP contribution in [0.2, 0.25) is 0 Å². The van der Waals surface area contributed by atoms with E-state index in [-0.39, 0.29) is 11.8 Å². The average Bonchev–Trinajstić information content (AvgIpc) is 2.48. The summed E-state index contributed by atoms with van der Waals surface area (Å²) < 4.78 is 0. The second-order valence-electron chi connectivity index (χ2n) is 5.00. The van der Waals surface area contributed by atoms with Crippen LogP contribution in [-0.4, -0.2) is 29.9 Å². The quantitative estimate of drug-likeness (QED) is 0.863. The van der Waals surface area contributed by atoms with Gasteiger partial charge in [0.15, 0.2) is 0 Å². The van der Waals surface area contributed by atoms with Crippen molar-refractivity contribution in [3.05, 3.63) is 18.3 Å². The molecule has 0 radical (unpaired) electrons. The minimum Gasteiger partial charge on any atom is -0.357 e. The molecule has 1 aliphatic rings. The molecule has 1 aromatic heterocycles. The Morgan fingerprint density at radius 1 is 1.42 bits per heavy atom. The molecule has 1 amide bonds. The van der Waals surface area contributed by atoms with Crippen LogP contribution in [0, 0.1) is 5.92 Å². The van der Waals surface area contributed by atoms with Gasteiger partial charge >= 0.3 is 0 Å². The van der Waals surface area contributed by atoms with E-state index >= 15 is 0 Å². The minimum atomic E-state index is -0.191. The summed E-state index contributed by atoms with van der Waals surface area (Å²) in [5, 5.41) is 2.82. The van der Waals surface area contributed by atoms with Crippen LogP contribution in [0.3, 0.4) is 0 Å². The third-order valence-electron chi connectivity index (χ3n) is 3.37. The zero-order chi connectivity index (χ0) is 13.7. The van der Waals surface area contributed by atoms with Gasteiger partial charge in [-0.25, -0.2) is 4.98 Å². The summed E-state index contributed by atoms with van der Waals surface area (Å²) in [5.41, 5.74) is 0.725. The first-order valence-corrected chi connectivity index (χ1v) is 7.32. The summed E-state index contributed by atoms with van der Waals surface area (Å²) in [6, 6.07) is 3.86. The Bertz CT molecular complexity index is 415. The van der Waals surface area contributed by atoms with Crippen molar-refractivity contribution >= 4 is 29.0 Å². The highest BCUT2D eigenvalue weighted by molar-refractivity contribution is 6.19. The van der Waals surface area contributed by atoms with Crippen LogP contribution < -0.4 is 10.2 Å². The first-order chi connectivity index (χ1) is 9.20.